The van der Waals surface area contributed by atoms with Crippen LogP contribution in [0.3, 0.4) is 0 Å². The Labute approximate surface area is 143 Å². The van der Waals surface area contributed by atoms with E-state index in [9.17, 15) is 0 Å². The molecule has 1 fully saturated rings. The van der Waals surface area contributed by atoms with Crippen molar-refractivity contribution in [3.63, 3.8) is 0 Å². The second-order valence-electron chi connectivity index (χ2n) is 6.23. The first-order valence-corrected chi connectivity index (χ1v) is 8.49. The van der Waals surface area contributed by atoms with Gasteiger partial charge in [-0.05, 0) is 25.0 Å². The highest BCUT2D eigenvalue weighted by Crippen LogP contribution is 2.24. The van der Waals surface area contributed by atoms with E-state index in [0.717, 1.165) is 35.3 Å². The number of rotatable bonds is 4. The van der Waals surface area contributed by atoms with Crippen LogP contribution in [0.5, 0.6) is 0 Å². The van der Waals surface area contributed by atoms with Gasteiger partial charge in [-0.2, -0.15) is 0 Å². The molecule has 0 bridgehead atoms. The monoisotopic (exact) mass is 320 g/mol. The molecule has 1 aliphatic carbocycles. The Balaban J connectivity index is 1.74. The lowest BCUT2D eigenvalue weighted by Crippen LogP contribution is -2.27. The standard InChI is InChI=1S/C20H24N4/c21-17-9-3-1-7-15(17)13-23-19-11-5-6-12-20(19)24-14-16-8-2-4-10-18(16)22/h1-4,7-10,13-14,19-20H,5-6,11-12,21-22H2/t19-,20+. The van der Waals surface area contributed by atoms with Crippen LogP contribution in [-0.2, 0) is 0 Å². The summed E-state index contributed by atoms with van der Waals surface area (Å²) in [6.45, 7) is 0. The Hall–Kier alpha value is -2.62. The van der Waals surface area contributed by atoms with Gasteiger partial charge < -0.3 is 11.5 Å². The molecule has 0 saturated heterocycles. The third-order valence-electron chi connectivity index (χ3n) is 4.50. The fourth-order valence-corrected chi connectivity index (χ4v) is 3.05. The van der Waals surface area contributed by atoms with E-state index in [1.807, 2.05) is 61.0 Å². The minimum absolute atomic E-state index is 0.208. The van der Waals surface area contributed by atoms with Crippen LogP contribution in [0.4, 0.5) is 11.4 Å². The Morgan fingerprint density at radius 3 is 1.54 bits per heavy atom. The summed E-state index contributed by atoms with van der Waals surface area (Å²) in [5, 5.41) is 0. The van der Waals surface area contributed by atoms with Gasteiger partial charge in [0.25, 0.3) is 0 Å². The maximum Gasteiger partial charge on any atom is 0.0723 e. The van der Waals surface area contributed by atoms with Gasteiger partial charge in [0.2, 0.25) is 0 Å². The molecule has 2 aromatic rings. The van der Waals surface area contributed by atoms with Crippen LogP contribution in [-0.4, -0.2) is 24.5 Å². The first-order chi connectivity index (χ1) is 11.7. The number of hydrogen-bond donors (Lipinski definition) is 2. The summed E-state index contributed by atoms with van der Waals surface area (Å²) >= 11 is 0. The SMILES string of the molecule is Nc1ccccc1C=N[C@H]1CCCC[C@H]1N=Cc1ccccc1N. The van der Waals surface area contributed by atoms with E-state index in [1.165, 1.54) is 12.8 Å². The van der Waals surface area contributed by atoms with Gasteiger partial charge in [0.1, 0.15) is 0 Å². The maximum absolute atomic E-state index is 5.99. The van der Waals surface area contributed by atoms with Gasteiger partial charge in [0.15, 0.2) is 0 Å². The van der Waals surface area contributed by atoms with Gasteiger partial charge in [0, 0.05) is 34.9 Å². The molecule has 4 N–H and O–H groups in total. The molecule has 4 heteroatoms. The second kappa shape index (κ2) is 7.77. The molecule has 0 aliphatic heterocycles. The van der Waals surface area contributed by atoms with Crippen molar-refractivity contribution in [3.8, 4) is 0 Å². The summed E-state index contributed by atoms with van der Waals surface area (Å²) in [7, 11) is 0. The summed E-state index contributed by atoms with van der Waals surface area (Å²) < 4.78 is 0. The quantitative estimate of drug-likeness (QED) is 0.665. The van der Waals surface area contributed by atoms with E-state index in [2.05, 4.69) is 0 Å². The summed E-state index contributed by atoms with van der Waals surface area (Å²) in [5.41, 5.74) is 15.4. The zero-order valence-corrected chi connectivity index (χ0v) is 13.8. The summed E-state index contributed by atoms with van der Waals surface area (Å²) in [5.74, 6) is 0. The predicted octanol–water partition coefficient (Wildman–Crippen LogP) is 3.70. The molecule has 1 aliphatic rings. The average molecular weight is 320 g/mol. The molecular formula is C20H24N4. The fraction of sp³-hybridized carbons (Fsp3) is 0.300. The minimum atomic E-state index is 0.208. The maximum atomic E-state index is 5.99. The number of nitrogens with two attached hydrogens (primary N) is 2. The van der Waals surface area contributed by atoms with Crippen molar-refractivity contribution in [1.29, 1.82) is 0 Å². The van der Waals surface area contributed by atoms with E-state index in [1.54, 1.807) is 0 Å². The molecule has 3 rings (SSSR count). The summed E-state index contributed by atoms with van der Waals surface area (Å²) in [4.78, 5) is 9.56. The molecule has 0 aromatic heterocycles. The molecular weight excluding hydrogens is 296 g/mol. The van der Waals surface area contributed by atoms with Gasteiger partial charge in [-0.15, -0.1) is 0 Å². The zero-order valence-electron chi connectivity index (χ0n) is 13.8. The Kier molecular flexibility index (Phi) is 5.26. The molecule has 0 spiro atoms. The minimum Gasteiger partial charge on any atom is -0.398 e. The van der Waals surface area contributed by atoms with Crippen LogP contribution in [0.1, 0.15) is 36.8 Å². The van der Waals surface area contributed by atoms with Crippen molar-refractivity contribution in [2.75, 3.05) is 11.5 Å². The number of hydrogen-bond acceptors (Lipinski definition) is 4. The molecule has 2 aromatic carbocycles. The third-order valence-corrected chi connectivity index (χ3v) is 4.50. The first kappa shape index (κ1) is 16.2. The predicted molar refractivity (Wildman–Crippen MR) is 103 cm³/mol. The van der Waals surface area contributed by atoms with Crippen LogP contribution in [0.25, 0.3) is 0 Å². The van der Waals surface area contributed by atoms with Gasteiger partial charge in [0.05, 0.1) is 12.1 Å². The van der Waals surface area contributed by atoms with Crippen molar-refractivity contribution in [2.24, 2.45) is 9.98 Å². The molecule has 2 atom stereocenters. The number of aliphatic imine (C=N–C) groups is 2. The van der Waals surface area contributed by atoms with Crippen LogP contribution < -0.4 is 11.5 Å². The van der Waals surface area contributed by atoms with Gasteiger partial charge in [-0.3, -0.25) is 9.98 Å². The normalized spacial score (nSPS) is 21.5. The highest BCUT2D eigenvalue weighted by Gasteiger charge is 2.23. The first-order valence-electron chi connectivity index (χ1n) is 8.49. The molecule has 0 unspecified atom stereocenters. The van der Waals surface area contributed by atoms with Gasteiger partial charge >= 0.3 is 0 Å². The Morgan fingerprint density at radius 1 is 0.708 bits per heavy atom. The summed E-state index contributed by atoms with van der Waals surface area (Å²) in [6, 6.07) is 16.0. The lowest BCUT2D eigenvalue weighted by atomic mass is 9.91. The molecule has 24 heavy (non-hydrogen) atoms. The molecule has 124 valence electrons. The lowest BCUT2D eigenvalue weighted by molar-refractivity contribution is 0.390. The number of benzene rings is 2. The van der Waals surface area contributed by atoms with E-state index in [4.69, 9.17) is 21.5 Å². The molecule has 0 heterocycles. The zero-order chi connectivity index (χ0) is 16.8. The van der Waals surface area contributed by atoms with Crippen molar-refractivity contribution in [3.05, 3.63) is 59.7 Å². The average Bonchev–Trinajstić information content (AvgIpc) is 2.61. The smallest absolute Gasteiger partial charge is 0.0723 e. The van der Waals surface area contributed by atoms with Crippen molar-refractivity contribution < 1.29 is 0 Å². The molecule has 1 saturated carbocycles. The highest BCUT2D eigenvalue weighted by molar-refractivity contribution is 5.87. The van der Waals surface area contributed by atoms with E-state index >= 15 is 0 Å². The fourth-order valence-electron chi connectivity index (χ4n) is 3.05. The Morgan fingerprint density at radius 2 is 1.12 bits per heavy atom. The third kappa shape index (κ3) is 4.02. The van der Waals surface area contributed by atoms with Gasteiger partial charge in [-0.25, -0.2) is 0 Å². The largest absolute Gasteiger partial charge is 0.398 e. The number of para-hydroxylation sites is 2. The van der Waals surface area contributed by atoms with Crippen molar-refractivity contribution in [1.82, 2.24) is 0 Å². The number of nitrogen functional groups attached to an aromatic ring is 2. The summed E-state index contributed by atoms with van der Waals surface area (Å²) in [6.07, 6.45) is 8.32. The number of anilines is 2. The highest BCUT2D eigenvalue weighted by atomic mass is 14.9. The molecule has 0 radical (unpaired) electrons. The molecule has 4 nitrogen and oxygen atoms in total. The Bertz CT molecular complexity index is 672. The van der Waals surface area contributed by atoms with Crippen molar-refractivity contribution in [2.45, 2.75) is 37.8 Å². The van der Waals surface area contributed by atoms with Crippen LogP contribution in [0.15, 0.2) is 58.5 Å². The molecule has 0 amide bonds. The van der Waals surface area contributed by atoms with Crippen molar-refractivity contribution >= 4 is 23.8 Å². The van der Waals surface area contributed by atoms with Gasteiger partial charge in [-0.1, -0.05) is 49.2 Å². The van der Waals surface area contributed by atoms with E-state index in [0.29, 0.717) is 0 Å². The second-order valence-corrected chi connectivity index (χ2v) is 6.23. The van der Waals surface area contributed by atoms with E-state index in [-0.39, 0.29) is 12.1 Å². The van der Waals surface area contributed by atoms with E-state index < -0.39 is 0 Å². The van der Waals surface area contributed by atoms with Crippen LogP contribution >= 0.6 is 0 Å². The lowest BCUT2D eigenvalue weighted by Gasteiger charge is -2.25. The topological polar surface area (TPSA) is 76.8 Å². The van der Waals surface area contributed by atoms with Crippen LogP contribution in [0.2, 0.25) is 0 Å². The van der Waals surface area contributed by atoms with Crippen LogP contribution in [0, 0.1) is 0 Å². The number of nitrogens with zero attached hydrogens (tertiary/aromatic N) is 2.